The quantitative estimate of drug-likeness (QED) is 0.154. The Morgan fingerprint density at radius 1 is 1.12 bits per heavy atom. The number of thioether (sulfide) groups is 1. The van der Waals surface area contributed by atoms with Crippen LogP contribution in [0.3, 0.4) is 0 Å². The molecule has 0 saturated carbocycles. The van der Waals surface area contributed by atoms with Gasteiger partial charge in [0.2, 0.25) is 5.91 Å². The number of non-ortho nitro benzene ring substituents is 1. The highest BCUT2D eigenvalue weighted by Crippen LogP contribution is 2.29. The van der Waals surface area contributed by atoms with E-state index in [1.165, 1.54) is 16.7 Å². The monoisotopic (exact) mass is 514 g/mol. The molecule has 0 radical (unpaired) electrons. The van der Waals surface area contributed by atoms with E-state index in [9.17, 15) is 19.7 Å². The maximum atomic E-state index is 13.4. The van der Waals surface area contributed by atoms with E-state index in [1.807, 2.05) is 0 Å². The standard InChI is InChI=1S/C23H16Cl2N4O4S/c1-13-16(24)6-4-8-20(13)28-22(31)15-5-2-3-7-18(15)27-23(28)34-12-21(30)26-19-10-9-14(29(32)33)11-17(19)25/h2-11H,12H2,1H3,(H,26,30). The first-order chi connectivity index (χ1) is 16.3. The molecule has 172 valence electrons. The van der Waals surface area contributed by atoms with Crippen molar-refractivity contribution >= 4 is 63.1 Å². The molecule has 11 heteroatoms. The number of halogens is 2. The van der Waals surface area contributed by atoms with Crippen molar-refractivity contribution in [1.82, 2.24) is 9.55 Å². The third-order valence-electron chi connectivity index (χ3n) is 4.99. The van der Waals surface area contributed by atoms with E-state index in [0.29, 0.717) is 32.3 Å². The lowest BCUT2D eigenvalue weighted by atomic mass is 10.2. The Labute approximate surface area is 207 Å². The number of aromatic nitrogens is 2. The topological polar surface area (TPSA) is 107 Å². The van der Waals surface area contributed by atoms with Gasteiger partial charge >= 0.3 is 0 Å². The van der Waals surface area contributed by atoms with Crippen LogP contribution in [-0.2, 0) is 4.79 Å². The van der Waals surface area contributed by atoms with Gasteiger partial charge in [-0.3, -0.25) is 24.3 Å². The minimum absolute atomic E-state index is 0.0443. The van der Waals surface area contributed by atoms with Crippen LogP contribution < -0.4 is 10.9 Å². The van der Waals surface area contributed by atoms with Crippen LogP contribution in [-0.4, -0.2) is 26.1 Å². The number of carbonyl (C=O) groups excluding carboxylic acids is 1. The molecule has 0 atom stereocenters. The summed E-state index contributed by atoms with van der Waals surface area (Å²) in [6.07, 6.45) is 0. The van der Waals surface area contributed by atoms with Gasteiger partial charge in [-0.25, -0.2) is 4.98 Å². The van der Waals surface area contributed by atoms with Crippen molar-refractivity contribution in [3.05, 3.63) is 96.7 Å². The molecule has 1 N–H and O–H groups in total. The van der Waals surface area contributed by atoms with Crippen molar-refractivity contribution in [1.29, 1.82) is 0 Å². The average molecular weight is 515 g/mol. The third kappa shape index (κ3) is 4.77. The second kappa shape index (κ2) is 9.84. The molecule has 1 aromatic heterocycles. The SMILES string of the molecule is Cc1c(Cl)cccc1-n1c(SCC(=O)Nc2ccc([N+](=O)[O-])cc2Cl)nc2ccccc2c1=O. The molecule has 0 aliphatic rings. The van der Waals surface area contributed by atoms with Gasteiger partial charge in [0.25, 0.3) is 11.2 Å². The highest BCUT2D eigenvalue weighted by atomic mass is 35.5. The van der Waals surface area contributed by atoms with Crippen molar-refractivity contribution in [3.8, 4) is 5.69 Å². The minimum atomic E-state index is -0.574. The first kappa shape index (κ1) is 23.7. The Bertz CT molecular complexity index is 1510. The highest BCUT2D eigenvalue weighted by molar-refractivity contribution is 7.99. The lowest BCUT2D eigenvalue weighted by Crippen LogP contribution is -2.23. The van der Waals surface area contributed by atoms with Gasteiger partial charge < -0.3 is 5.32 Å². The summed E-state index contributed by atoms with van der Waals surface area (Å²) in [5, 5.41) is 14.8. The molecule has 0 aliphatic heterocycles. The third-order valence-corrected chi connectivity index (χ3v) is 6.66. The Hall–Kier alpha value is -3.40. The van der Waals surface area contributed by atoms with Gasteiger partial charge in [0.05, 0.1) is 38.0 Å². The van der Waals surface area contributed by atoms with Gasteiger partial charge in [0, 0.05) is 17.2 Å². The van der Waals surface area contributed by atoms with Crippen LogP contribution in [0.25, 0.3) is 16.6 Å². The number of rotatable bonds is 6. The summed E-state index contributed by atoms with van der Waals surface area (Å²) >= 11 is 13.4. The second-order valence-electron chi connectivity index (χ2n) is 7.19. The molecular formula is C23H16Cl2N4O4S. The lowest BCUT2D eigenvalue weighted by Gasteiger charge is -2.16. The number of fused-ring (bicyclic) bond motifs is 1. The number of hydrogen-bond acceptors (Lipinski definition) is 6. The van der Waals surface area contributed by atoms with E-state index in [4.69, 9.17) is 23.2 Å². The summed E-state index contributed by atoms with van der Waals surface area (Å²) in [5.74, 6) is -0.505. The fourth-order valence-corrected chi connectivity index (χ4v) is 4.49. The number of nitrogens with zero attached hydrogens (tertiary/aromatic N) is 3. The number of hydrogen-bond donors (Lipinski definition) is 1. The smallest absolute Gasteiger partial charge is 0.271 e. The van der Waals surface area contributed by atoms with Gasteiger partial charge in [-0.15, -0.1) is 0 Å². The average Bonchev–Trinajstić information content (AvgIpc) is 2.81. The second-order valence-corrected chi connectivity index (χ2v) is 8.95. The molecule has 4 aromatic rings. The summed E-state index contributed by atoms with van der Waals surface area (Å²) < 4.78 is 1.44. The zero-order valence-corrected chi connectivity index (χ0v) is 19.9. The zero-order chi connectivity index (χ0) is 24.4. The maximum Gasteiger partial charge on any atom is 0.271 e. The van der Waals surface area contributed by atoms with E-state index in [-0.39, 0.29) is 27.7 Å². The summed E-state index contributed by atoms with van der Waals surface area (Å²) in [4.78, 5) is 40.9. The predicted octanol–water partition coefficient (Wildman–Crippen LogP) is 5.64. The number of nitro groups is 1. The summed E-state index contributed by atoms with van der Waals surface area (Å²) in [6.45, 7) is 1.80. The highest BCUT2D eigenvalue weighted by Gasteiger charge is 2.18. The fraction of sp³-hybridized carbons (Fsp3) is 0.0870. The molecule has 34 heavy (non-hydrogen) atoms. The first-order valence-corrected chi connectivity index (χ1v) is 11.6. The normalized spacial score (nSPS) is 10.9. The molecule has 0 fully saturated rings. The van der Waals surface area contributed by atoms with Crippen LogP contribution in [0, 0.1) is 17.0 Å². The van der Waals surface area contributed by atoms with Crippen molar-refractivity contribution in [2.45, 2.75) is 12.1 Å². The number of nitro benzene ring substituents is 1. The molecule has 0 bridgehead atoms. The van der Waals surface area contributed by atoms with E-state index in [2.05, 4.69) is 10.3 Å². The van der Waals surface area contributed by atoms with Gasteiger partial charge in [-0.05, 0) is 42.8 Å². The molecule has 0 unspecified atom stereocenters. The maximum absolute atomic E-state index is 13.4. The predicted molar refractivity (Wildman–Crippen MR) is 135 cm³/mol. The summed E-state index contributed by atoms with van der Waals surface area (Å²) in [7, 11) is 0. The first-order valence-electron chi connectivity index (χ1n) is 9.90. The molecule has 8 nitrogen and oxygen atoms in total. The Kier molecular flexibility index (Phi) is 6.87. The van der Waals surface area contributed by atoms with Crippen LogP contribution in [0.15, 0.2) is 70.6 Å². The van der Waals surface area contributed by atoms with Crippen LogP contribution in [0.1, 0.15) is 5.56 Å². The van der Waals surface area contributed by atoms with Gasteiger partial charge in [-0.2, -0.15) is 0 Å². The summed E-state index contributed by atoms with van der Waals surface area (Å²) in [5.41, 5.74) is 1.55. The molecule has 0 spiro atoms. The lowest BCUT2D eigenvalue weighted by molar-refractivity contribution is -0.384. The van der Waals surface area contributed by atoms with Gasteiger partial charge in [0.1, 0.15) is 0 Å². The number of anilines is 1. The van der Waals surface area contributed by atoms with Crippen LogP contribution in [0.2, 0.25) is 10.0 Å². The van der Waals surface area contributed by atoms with Crippen LogP contribution in [0.5, 0.6) is 0 Å². The molecule has 0 saturated heterocycles. The van der Waals surface area contributed by atoms with E-state index < -0.39 is 10.8 Å². The Balaban J connectivity index is 1.67. The molecule has 3 aromatic carbocycles. The van der Waals surface area contributed by atoms with Crippen molar-refractivity contribution in [2.24, 2.45) is 0 Å². The molecule has 1 heterocycles. The van der Waals surface area contributed by atoms with E-state index in [1.54, 1.807) is 49.4 Å². The minimum Gasteiger partial charge on any atom is -0.324 e. The van der Waals surface area contributed by atoms with Crippen molar-refractivity contribution < 1.29 is 9.72 Å². The van der Waals surface area contributed by atoms with E-state index >= 15 is 0 Å². The van der Waals surface area contributed by atoms with Gasteiger partial charge in [-0.1, -0.05) is 53.2 Å². The summed E-state index contributed by atoms with van der Waals surface area (Å²) in [6, 6.07) is 16.0. The number of amides is 1. The molecule has 0 aliphatic carbocycles. The van der Waals surface area contributed by atoms with Crippen molar-refractivity contribution in [2.75, 3.05) is 11.1 Å². The number of benzene rings is 3. The van der Waals surface area contributed by atoms with Crippen LogP contribution >= 0.6 is 35.0 Å². The molecular weight excluding hydrogens is 499 g/mol. The zero-order valence-electron chi connectivity index (χ0n) is 17.6. The largest absolute Gasteiger partial charge is 0.324 e. The Morgan fingerprint density at radius 3 is 2.62 bits per heavy atom. The number of carbonyl (C=O) groups is 1. The Morgan fingerprint density at radius 2 is 1.88 bits per heavy atom. The fourth-order valence-electron chi connectivity index (χ4n) is 3.30. The number of nitrogens with one attached hydrogen (secondary N) is 1. The van der Waals surface area contributed by atoms with E-state index in [0.717, 1.165) is 17.8 Å². The van der Waals surface area contributed by atoms with Crippen LogP contribution in [0.4, 0.5) is 11.4 Å². The molecule has 4 rings (SSSR count). The van der Waals surface area contributed by atoms with Gasteiger partial charge in [0.15, 0.2) is 5.16 Å². The number of para-hydroxylation sites is 1. The van der Waals surface area contributed by atoms with Crippen molar-refractivity contribution in [3.63, 3.8) is 0 Å². The molecule has 1 amide bonds.